The van der Waals surface area contributed by atoms with Crippen molar-refractivity contribution in [3.05, 3.63) is 83.0 Å². The molecular weight excluding hydrogens is 459 g/mol. The summed E-state index contributed by atoms with van der Waals surface area (Å²) in [4.78, 5) is 6.29. The molecule has 5 rings (SSSR count). The second kappa shape index (κ2) is 8.72. The van der Waals surface area contributed by atoms with E-state index in [0.717, 1.165) is 5.69 Å². The maximum atomic E-state index is 4.93. The molecule has 0 aliphatic carbocycles. The van der Waals surface area contributed by atoms with Crippen molar-refractivity contribution in [2.45, 2.75) is 60.2 Å². The van der Waals surface area contributed by atoms with E-state index in [-0.39, 0.29) is 0 Å². The monoisotopic (exact) mass is 493 g/mol. The largest absolute Gasteiger partial charge is 0.255 e. The fourth-order valence-corrected chi connectivity index (χ4v) is 7.62. The summed E-state index contributed by atoms with van der Waals surface area (Å²) in [7, 11) is -1.31. The molecular formula is C32H35NSSi. The van der Waals surface area contributed by atoms with Crippen LogP contribution in [0.2, 0.25) is 19.6 Å². The minimum atomic E-state index is -1.31. The minimum absolute atomic E-state index is 0.447. The lowest BCUT2D eigenvalue weighted by atomic mass is 9.88. The second-order valence-corrected chi connectivity index (χ2v) is 17.3. The van der Waals surface area contributed by atoms with Gasteiger partial charge in [-0.15, -0.1) is 11.3 Å². The molecule has 2 heterocycles. The zero-order valence-electron chi connectivity index (χ0n) is 22.2. The average Bonchev–Trinajstić information content (AvgIpc) is 3.17. The standard InChI is InChI=1S/C32H35NSSi/c1-19(2)28-18-25(17-24-10-9-20(3)21(4)29(24)28)30-32-27(15-16-33-30)22(5)31(34-32)23-11-13-26(14-12-23)35(6,7)8/h9-19H,1-8H3. The highest BCUT2D eigenvalue weighted by atomic mass is 32.1. The first-order valence-electron chi connectivity index (χ1n) is 12.6. The maximum absolute atomic E-state index is 4.93. The fourth-order valence-electron chi connectivity index (χ4n) is 5.13. The minimum Gasteiger partial charge on any atom is -0.255 e. The second-order valence-electron chi connectivity index (χ2n) is 11.2. The summed E-state index contributed by atoms with van der Waals surface area (Å²) < 4.78 is 1.28. The van der Waals surface area contributed by atoms with E-state index >= 15 is 0 Å². The van der Waals surface area contributed by atoms with Crippen molar-refractivity contribution in [1.29, 1.82) is 0 Å². The molecule has 0 bridgehead atoms. The summed E-state index contributed by atoms with van der Waals surface area (Å²) in [6.07, 6.45) is 1.98. The quantitative estimate of drug-likeness (QED) is 0.227. The number of fused-ring (bicyclic) bond motifs is 2. The molecule has 0 saturated carbocycles. The molecule has 0 aliphatic heterocycles. The number of nitrogens with zero attached hydrogens (tertiary/aromatic N) is 1. The molecule has 5 aromatic rings. The lowest BCUT2D eigenvalue weighted by Crippen LogP contribution is -2.37. The summed E-state index contributed by atoms with van der Waals surface area (Å²) in [6, 6.07) is 20.7. The number of hydrogen-bond donors (Lipinski definition) is 0. The molecule has 2 aromatic heterocycles. The molecule has 0 atom stereocenters. The molecule has 0 N–H and O–H groups in total. The zero-order chi connectivity index (χ0) is 25.1. The van der Waals surface area contributed by atoms with Crippen molar-refractivity contribution in [3.63, 3.8) is 0 Å². The van der Waals surface area contributed by atoms with Crippen LogP contribution in [0.25, 0.3) is 42.6 Å². The Labute approximate surface area is 214 Å². The number of thiophene rings is 1. The SMILES string of the molecule is Cc1ccc2cc(-c3nccc4c(C)c(-c5ccc([Si](C)(C)C)cc5)sc34)cc(C(C)C)c2c1C. The highest BCUT2D eigenvalue weighted by Gasteiger charge is 2.19. The Balaban J connectivity index is 1.71. The highest BCUT2D eigenvalue weighted by Crippen LogP contribution is 2.43. The Bertz CT molecular complexity index is 1570. The van der Waals surface area contributed by atoms with E-state index in [1.54, 1.807) is 0 Å². The molecule has 0 radical (unpaired) electrons. The van der Waals surface area contributed by atoms with Crippen LogP contribution in [-0.4, -0.2) is 13.1 Å². The van der Waals surface area contributed by atoms with E-state index in [0.29, 0.717) is 5.92 Å². The molecule has 0 aliphatic rings. The van der Waals surface area contributed by atoms with Crippen molar-refractivity contribution in [2.24, 2.45) is 0 Å². The van der Waals surface area contributed by atoms with Gasteiger partial charge in [-0.05, 0) is 88.9 Å². The van der Waals surface area contributed by atoms with Gasteiger partial charge in [0.15, 0.2) is 0 Å². The predicted octanol–water partition coefficient (Wildman–Crippen LogP) is 9.38. The Kier molecular flexibility index (Phi) is 5.97. The van der Waals surface area contributed by atoms with E-state index < -0.39 is 8.07 Å². The third-order valence-corrected chi connectivity index (χ3v) is 10.9. The van der Waals surface area contributed by atoms with Gasteiger partial charge in [0.1, 0.15) is 0 Å². The van der Waals surface area contributed by atoms with Crippen LogP contribution in [-0.2, 0) is 0 Å². The van der Waals surface area contributed by atoms with Gasteiger partial charge in [0.05, 0.1) is 18.5 Å². The van der Waals surface area contributed by atoms with Gasteiger partial charge in [0.25, 0.3) is 0 Å². The summed E-state index contributed by atoms with van der Waals surface area (Å²) in [6.45, 7) is 18.5. The third-order valence-electron chi connectivity index (χ3n) is 7.44. The van der Waals surface area contributed by atoms with E-state index in [4.69, 9.17) is 4.98 Å². The number of pyridine rings is 1. The lowest BCUT2D eigenvalue weighted by molar-refractivity contribution is 0.875. The van der Waals surface area contributed by atoms with Crippen molar-refractivity contribution in [2.75, 3.05) is 0 Å². The van der Waals surface area contributed by atoms with E-state index in [9.17, 15) is 0 Å². The summed E-state index contributed by atoms with van der Waals surface area (Å²) in [5, 5.41) is 5.53. The van der Waals surface area contributed by atoms with E-state index in [2.05, 4.69) is 109 Å². The van der Waals surface area contributed by atoms with Crippen LogP contribution in [0.4, 0.5) is 0 Å². The summed E-state index contributed by atoms with van der Waals surface area (Å²) in [5.74, 6) is 0.447. The van der Waals surface area contributed by atoms with E-state index in [1.807, 2.05) is 17.5 Å². The van der Waals surface area contributed by atoms with Crippen molar-refractivity contribution < 1.29 is 0 Å². The van der Waals surface area contributed by atoms with Crippen LogP contribution < -0.4 is 5.19 Å². The third kappa shape index (κ3) is 4.15. The molecule has 0 unspecified atom stereocenters. The van der Waals surface area contributed by atoms with Crippen molar-refractivity contribution in [3.8, 4) is 21.7 Å². The van der Waals surface area contributed by atoms with Gasteiger partial charge in [-0.2, -0.15) is 0 Å². The van der Waals surface area contributed by atoms with Crippen molar-refractivity contribution in [1.82, 2.24) is 4.98 Å². The number of rotatable bonds is 4. The molecule has 0 spiro atoms. The zero-order valence-corrected chi connectivity index (χ0v) is 24.0. The van der Waals surface area contributed by atoms with Gasteiger partial charge in [0, 0.05) is 16.6 Å². The van der Waals surface area contributed by atoms with Crippen LogP contribution in [0.1, 0.15) is 42.0 Å². The summed E-state index contributed by atoms with van der Waals surface area (Å²) in [5.41, 5.74) is 9.13. The number of aromatic nitrogens is 1. The van der Waals surface area contributed by atoms with Gasteiger partial charge in [-0.3, -0.25) is 4.98 Å². The van der Waals surface area contributed by atoms with E-state index in [1.165, 1.54) is 64.3 Å². The van der Waals surface area contributed by atoms with Gasteiger partial charge < -0.3 is 0 Å². The lowest BCUT2D eigenvalue weighted by Gasteiger charge is -2.17. The van der Waals surface area contributed by atoms with Crippen LogP contribution >= 0.6 is 11.3 Å². The molecule has 0 amide bonds. The average molecular weight is 494 g/mol. The number of hydrogen-bond acceptors (Lipinski definition) is 2. The van der Waals surface area contributed by atoms with Gasteiger partial charge >= 0.3 is 0 Å². The first-order valence-corrected chi connectivity index (χ1v) is 16.9. The maximum Gasteiger partial charge on any atom is 0.0880 e. The molecule has 3 heteroatoms. The van der Waals surface area contributed by atoms with Gasteiger partial charge in [0.2, 0.25) is 0 Å². The van der Waals surface area contributed by atoms with Crippen LogP contribution in [0.3, 0.4) is 0 Å². The topological polar surface area (TPSA) is 12.9 Å². The Morgan fingerprint density at radius 1 is 0.800 bits per heavy atom. The fraction of sp³-hybridized carbons (Fsp3) is 0.281. The van der Waals surface area contributed by atoms with Crippen LogP contribution in [0.5, 0.6) is 0 Å². The Morgan fingerprint density at radius 3 is 2.17 bits per heavy atom. The number of aryl methyl sites for hydroxylation is 3. The smallest absolute Gasteiger partial charge is 0.0880 e. The molecule has 3 aromatic carbocycles. The summed E-state index contributed by atoms with van der Waals surface area (Å²) >= 11 is 1.89. The van der Waals surface area contributed by atoms with Gasteiger partial charge in [-0.25, -0.2) is 0 Å². The molecule has 1 nitrogen and oxygen atoms in total. The van der Waals surface area contributed by atoms with Crippen LogP contribution in [0.15, 0.2) is 60.8 Å². The first kappa shape index (κ1) is 24.0. The number of benzene rings is 3. The predicted molar refractivity (Wildman–Crippen MR) is 159 cm³/mol. The molecule has 35 heavy (non-hydrogen) atoms. The van der Waals surface area contributed by atoms with Crippen LogP contribution in [0, 0.1) is 20.8 Å². The molecule has 178 valence electrons. The Morgan fingerprint density at radius 2 is 1.51 bits per heavy atom. The molecule has 0 fully saturated rings. The Hall–Kier alpha value is -2.75. The first-order chi connectivity index (χ1) is 16.6. The normalized spacial score (nSPS) is 12.3. The van der Waals surface area contributed by atoms with Gasteiger partial charge in [-0.1, -0.05) is 75.1 Å². The highest BCUT2D eigenvalue weighted by molar-refractivity contribution is 7.23. The van der Waals surface area contributed by atoms with Crippen molar-refractivity contribution >= 4 is 45.5 Å². The molecule has 0 saturated heterocycles.